The normalized spacial score (nSPS) is 15.0. The largest absolute Gasteiger partial charge is 0.493 e. The number of hydrogen-bond donors (Lipinski definition) is 0. The average molecular weight is 339 g/mol. The molecule has 6 heteroatoms. The Hall–Kier alpha value is -3.15. The standard InChI is InChI=1S/C19H17NO5/c1-24-17-10-13-5-6-14(19(21)16(13)11-18(17)25-2)9-12-3-7-15(8-4-12)20(22)23/h3-4,7-11H,5-6H2,1-2H3/b14-9-. The van der Waals surface area contributed by atoms with Crippen LogP contribution in [0.1, 0.15) is 27.9 Å². The number of hydrogen-bond acceptors (Lipinski definition) is 5. The number of nitro groups is 1. The second-order valence-electron chi connectivity index (χ2n) is 5.71. The Balaban J connectivity index is 1.94. The molecule has 25 heavy (non-hydrogen) atoms. The van der Waals surface area contributed by atoms with Gasteiger partial charge in [-0.3, -0.25) is 14.9 Å². The highest BCUT2D eigenvalue weighted by atomic mass is 16.6. The van der Waals surface area contributed by atoms with Crippen LogP contribution in [-0.2, 0) is 6.42 Å². The number of nitro benzene ring substituents is 1. The maximum absolute atomic E-state index is 12.8. The van der Waals surface area contributed by atoms with Crippen LogP contribution >= 0.6 is 0 Å². The third-order valence-corrected chi connectivity index (χ3v) is 4.25. The number of fused-ring (bicyclic) bond motifs is 1. The minimum Gasteiger partial charge on any atom is -0.493 e. The lowest BCUT2D eigenvalue weighted by Crippen LogP contribution is -2.14. The Bertz CT molecular complexity index is 868. The van der Waals surface area contributed by atoms with Gasteiger partial charge in [0.15, 0.2) is 17.3 Å². The van der Waals surface area contributed by atoms with Crippen molar-refractivity contribution < 1.29 is 19.2 Å². The topological polar surface area (TPSA) is 78.7 Å². The summed E-state index contributed by atoms with van der Waals surface area (Å²) in [7, 11) is 3.10. The Morgan fingerprint density at radius 2 is 1.68 bits per heavy atom. The highest BCUT2D eigenvalue weighted by Crippen LogP contribution is 2.35. The number of ether oxygens (including phenoxy) is 2. The van der Waals surface area contributed by atoms with E-state index in [0.717, 1.165) is 17.5 Å². The maximum atomic E-state index is 12.8. The van der Waals surface area contributed by atoms with Crippen LogP contribution in [0, 0.1) is 10.1 Å². The fraction of sp³-hybridized carbons (Fsp3) is 0.211. The number of benzene rings is 2. The maximum Gasteiger partial charge on any atom is 0.269 e. The molecule has 0 fully saturated rings. The highest BCUT2D eigenvalue weighted by Gasteiger charge is 2.24. The first kappa shape index (κ1) is 16.7. The van der Waals surface area contributed by atoms with Gasteiger partial charge in [-0.2, -0.15) is 0 Å². The number of Topliss-reactive ketones (excluding diaryl/α,β-unsaturated/α-hetero) is 1. The minimum absolute atomic E-state index is 0.0271. The number of methoxy groups -OCH3 is 2. The number of allylic oxidation sites excluding steroid dienone is 1. The third-order valence-electron chi connectivity index (χ3n) is 4.25. The summed E-state index contributed by atoms with van der Waals surface area (Å²) in [5, 5.41) is 10.7. The molecular formula is C19H17NO5. The molecule has 0 saturated heterocycles. The second kappa shape index (κ2) is 6.76. The lowest BCUT2D eigenvalue weighted by molar-refractivity contribution is -0.384. The molecule has 1 aliphatic carbocycles. The van der Waals surface area contributed by atoms with E-state index in [9.17, 15) is 14.9 Å². The fourth-order valence-electron chi connectivity index (χ4n) is 2.93. The van der Waals surface area contributed by atoms with Crippen LogP contribution in [0.15, 0.2) is 42.0 Å². The van der Waals surface area contributed by atoms with Gasteiger partial charge in [0.1, 0.15) is 0 Å². The summed E-state index contributed by atoms with van der Waals surface area (Å²) in [5.74, 6) is 1.07. The molecule has 3 rings (SSSR count). The summed E-state index contributed by atoms with van der Waals surface area (Å²) >= 11 is 0. The molecule has 0 aromatic heterocycles. The van der Waals surface area contributed by atoms with Crippen LogP contribution in [-0.4, -0.2) is 24.9 Å². The van der Waals surface area contributed by atoms with Crippen LogP contribution in [0.5, 0.6) is 11.5 Å². The van der Waals surface area contributed by atoms with Crippen molar-refractivity contribution in [1.82, 2.24) is 0 Å². The first-order chi connectivity index (χ1) is 12.0. The first-order valence-corrected chi connectivity index (χ1v) is 7.78. The molecule has 0 N–H and O–H groups in total. The third kappa shape index (κ3) is 3.24. The Morgan fingerprint density at radius 1 is 1.04 bits per heavy atom. The van der Waals surface area contributed by atoms with Gasteiger partial charge in [-0.25, -0.2) is 0 Å². The predicted molar refractivity (Wildman–Crippen MR) is 93.3 cm³/mol. The molecule has 0 radical (unpaired) electrons. The summed E-state index contributed by atoms with van der Waals surface area (Å²) in [5.41, 5.74) is 3.01. The van der Waals surface area contributed by atoms with Crippen LogP contribution in [0.25, 0.3) is 6.08 Å². The van der Waals surface area contributed by atoms with E-state index in [4.69, 9.17) is 9.47 Å². The van der Waals surface area contributed by atoms with Gasteiger partial charge in [-0.05, 0) is 54.3 Å². The monoisotopic (exact) mass is 339 g/mol. The van der Waals surface area contributed by atoms with Gasteiger partial charge >= 0.3 is 0 Å². The Labute approximate surface area is 144 Å². The van der Waals surface area contributed by atoms with Gasteiger partial charge < -0.3 is 9.47 Å². The van der Waals surface area contributed by atoms with Gasteiger partial charge in [0.05, 0.1) is 19.1 Å². The number of aryl methyl sites for hydroxylation is 1. The number of ketones is 1. The minimum atomic E-state index is -0.446. The molecule has 0 heterocycles. The number of carbonyl (C=O) groups excluding carboxylic acids is 1. The summed E-state index contributed by atoms with van der Waals surface area (Å²) in [4.78, 5) is 23.1. The zero-order valence-corrected chi connectivity index (χ0v) is 13.9. The van der Waals surface area contributed by atoms with E-state index in [1.54, 1.807) is 31.4 Å². The Kier molecular flexibility index (Phi) is 4.52. The van der Waals surface area contributed by atoms with E-state index in [1.165, 1.54) is 19.2 Å². The van der Waals surface area contributed by atoms with Gasteiger partial charge in [0.2, 0.25) is 0 Å². The zero-order valence-electron chi connectivity index (χ0n) is 13.9. The van der Waals surface area contributed by atoms with E-state index in [1.807, 2.05) is 6.07 Å². The summed E-state index contributed by atoms with van der Waals surface area (Å²) < 4.78 is 10.6. The quantitative estimate of drug-likeness (QED) is 0.480. The van der Waals surface area contributed by atoms with Gasteiger partial charge in [0.25, 0.3) is 5.69 Å². The zero-order chi connectivity index (χ0) is 18.0. The molecule has 0 spiro atoms. The van der Waals surface area contributed by atoms with Gasteiger partial charge in [-0.1, -0.05) is 0 Å². The van der Waals surface area contributed by atoms with E-state index in [2.05, 4.69) is 0 Å². The molecule has 0 bridgehead atoms. The van der Waals surface area contributed by atoms with Crippen molar-refractivity contribution in [3.63, 3.8) is 0 Å². The molecule has 2 aromatic rings. The van der Waals surface area contributed by atoms with E-state index < -0.39 is 4.92 Å². The summed E-state index contributed by atoms with van der Waals surface area (Å²) in [6, 6.07) is 9.70. The summed E-state index contributed by atoms with van der Waals surface area (Å²) in [6.07, 6.45) is 3.12. The number of non-ortho nitro benzene ring substituents is 1. The lowest BCUT2D eigenvalue weighted by Gasteiger charge is -2.20. The molecule has 6 nitrogen and oxygen atoms in total. The second-order valence-corrected chi connectivity index (χ2v) is 5.71. The van der Waals surface area contributed by atoms with Crippen molar-refractivity contribution in [3.8, 4) is 11.5 Å². The lowest BCUT2D eigenvalue weighted by atomic mass is 9.85. The van der Waals surface area contributed by atoms with Crippen molar-refractivity contribution >= 4 is 17.5 Å². The van der Waals surface area contributed by atoms with Crippen LogP contribution in [0.2, 0.25) is 0 Å². The molecule has 128 valence electrons. The molecule has 1 aliphatic rings. The molecule has 0 aliphatic heterocycles. The van der Waals surface area contributed by atoms with E-state index in [-0.39, 0.29) is 11.5 Å². The van der Waals surface area contributed by atoms with Gasteiger partial charge in [0, 0.05) is 23.3 Å². The Morgan fingerprint density at radius 3 is 2.28 bits per heavy atom. The average Bonchev–Trinajstić information content (AvgIpc) is 2.63. The van der Waals surface area contributed by atoms with E-state index in [0.29, 0.717) is 29.1 Å². The molecule has 0 saturated carbocycles. The van der Waals surface area contributed by atoms with E-state index >= 15 is 0 Å². The molecular weight excluding hydrogens is 322 g/mol. The fourth-order valence-corrected chi connectivity index (χ4v) is 2.93. The van der Waals surface area contributed by atoms with Crippen molar-refractivity contribution in [3.05, 3.63) is 68.8 Å². The molecule has 2 aromatic carbocycles. The molecule has 0 unspecified atom stereocenters. The van der Waals surface area contributed by atoms with Crippen molar-refractivity contribution in [2.24, 2.45) is 0 Å². The summed E-state index contributed by atoms with van der Waals surface area (Å²) in [6.45, 7) is 0. The van der Waals surface area contributed by atoms with Crippen LogP contribution in [0.4, 0.5) is 5.69 Å². The van der Waals surface area contributed by atoms with Crippen LogP contribution < -0.4 is 9.47 Å². The first-order valence-electron chi connectivity index (χ1n) is 7.78. The number of carbonyl (C=O) groups is 1. The number of nitrogens with zero attached hydrogens (tertiary/aromatic N) is 1. The SMILES string of the molecule is COc1cc2c(cc1OC)C(=O)/C(=C\c1ccc([N+](=O)[O-])cc1)CC2. The van der Waals surface area contributed by atoms with Gasteiger partial charge in [-0.15, -0.1) is 0 Å². The predicted octanol–water partition coefficient (Wildman–Crippen LogP) is 3.82. The number of rotatable bonds is 4. The van der Waals surface area contributed by atoms with Crippen LogP contribution in [0.3, 0.4) is 0 Å². The van der Waals surface area contributed by atoms with Crippen molar-refractivity contribution in [1.29, 1.82) is 0 Å². The molecule has 0 atom stereocenters. The highest BCUT2D eigenvalue weighted by molar-refractivity contribution is 6.13. The van der Waals surface area contributed by atoms with Crippen molar-refractivity contribution in [2.45, 2.75) is 12.8 Å². The smallest absolute Gasteiger partial charge is 0.269 e. The van der Waals surface area contributed by atoms with Crippen molar-refractivity contribution in [2.75, 3.05) is 14.2 Å². The molecule has 0 amide bonds.